The van der Waals surface area contributed by atoms with Crippen LogP contribution in [0.15, 0.2) is 91.3 Å². The Balaban J connectivity index is 1.57. The van der Waals surface area contributed by atoms with E-state index in [-0.39, 0.29) is 17.5 Å². The Bertz CT molecular complexity index is 1680. The van der Waals surface area contributed by atoms with Crippen molar-refractivity contribution in [1.29, 1.82) is 0 Å². The van der Waals surface area contributed by atoms with Gasteiger partial charge in [0.15, 0.2) is 23.1 Å². The summed E-state index contributed by atoms with van der Waals surface area (Å²) < 4.78 is 34.4. The summed E-state index contributed by atoms with van der Waals surface area (Å²) in [5.74, 6) is 1.09. The summed E-state index contributed by atoms with van der Waals surface area (Å²) in [4.78, 5) is 14.0. The van der Waals surface area contributed by atoms with Crippen molar-refractivity contribution in [2.75, 3.05) is 25.6 Å². The topological polar surface area (TPSA) is 124 Å². The van der Waals surface area contributed by atoms with E-state index < -0.39 is 36.3 Å². The van der Waals surface area contributed by atoms with Gasteiger partial charge in [-0.15, -0.1) is 0 Å². The fraction of sp³-hybridized carbons (Fsp3) is 0.303. The predicted molar refractivity (Wildman–Crippen MR) is 162 cm³/mol. The van der Waals surface area contributed by atoms with Crippen LogP contribution in [0.2, 0.25) is 0 Å². The standard InChI is InChI=1S/C33H34FN5O5/c1-4-43-29-26-28(39(20-35-26)30-32(2,34)27(41)25(19-40)44-30)36-31(37-29)38-33(21-11-7-5-8-12-21,22-13-9-6-10-14-22)23-15-17-24(42-3)18-16-23/h5-18,20,25,27,30,40-41H,4,19H2,1-3H3,(H,36,37,38)/t25-,27-,30+,32-/m1/s1. The number of hydrogen-bond donors (Lipinski definition) is 3. The number of alkyl halides is 1. The number of anilines is 1. The van der Waals surface area contributed by atoms with E-state index in [9.17, 15) is 10.2 Å². The maximum absolute atomic E-state index is 15.9. The number of hydrogen-bond acceptors (Lipinski definition) is 9. The highest BCUT2D eigenvalue weighted by Crippen LogP contribution is 2.44. The van der Waals surface area contributed by atoms with Gasteiger partial charge in [-0.1, -0.05) is 72.8 Å². The van der Waals surface area contributed by atoms with Gasteiger partial charge >= 0.3 is 0 Å². The Morgan fingerprint density at radius 3 is 2.14 bits per heavy atom. The lowest BCUT2D eigenvalue weighted by Crippen LogP contribution is -2.40. The normalized spacial score (nSPS) is 21.8. The lowest BCUT2D eigenvalue weighted by atomic mass is 9.77. The number of imidazole rings is 1. The number of ether oxygens (including phenoxy) is 3. The third kappa shape index (κ3) is 4.92. The first-order chi connectivity index (χ1) is 21.3. The first kappa shape index (κ1) is 29.5. The number of rotatable bonds is 10. The minimum atomic E-state index is -2.24. The molecule has 1 fully saturated rings. The van der Waals surface area contributed by atoms with E-state index in [0.29, 0.717) is 17.9 Å². The van der Waals surface area contributed by atoms with Gasteiger partial charge in [-0.2, -0.15) is 9.97 Å². The van der Waals surface area contributed by atoms with Crippen LogP contribution in [0.5, 0.6) is 11.6 Å². The summed E-state index contributed by atoms with van der Waals surface area (Å²) in [5, 5.41) is 23.9. The van der Waals surface area contributed by atoms with E-state index in [1.54, 1.807) is 7.11 Å². The van der Waals surface area contributed by atoms with Gasteiger partial charge in [0.1, 0.15) is 23.5 Å². The van der Waals surface area contributed by atoms with Crippen molar-refractivity contribution in [1.82, 2.24) is 19.5 Å². The van der Waals surface area contributed by atoms with Gasteiger partial charge in [-0.3, -0.25) is 4.57 Å². The lowest BCUT2D eigenvalue weighted by molar-refractivity contribution is -0.0566. The molecular weight excluding hydrogens is 565 g/mol. The van der Waals surface area contributed by atoms with Crippen molar-refractivity contribution in [2.24, 2.45) is 0 Å². The molecule has 0 amide bonds. The molecule has 4 atom stereocenters. The van der Waals surface area contributed by atoms with E-state index in [4.69, 9.17) is 24.2 Å². The van der Waals surface area contributed by atoms with Crippen molar-refractivity contribution >= 4 is 17.1 Å². The molecule has 10 nitrogen and oxygen atoms in total. The second kappa shape index (κ2) is 11.8. The number of nitrogens with one attached hydrogen (secondary N) is 1. The first-order valence-electron chi connectivity index (χ1n) is 14.4. The van der Waals surface area contributed by atoms with Gasteiger partial charge in [0, 0.05) is 0 Å². The number of halogens is 1. The van der Waals surface area contributed by atoms with Gasteiger partial charge in [0.05, 0.1) is 26.7 Å². The quantitative estimate of drug-likeness (QED) is 0.197. The number of aromatic nitrogens is 4. The summed E-state index contributed by atoms with van der Waals surface area (Å²) in [6.45, 7) is 2.81. The predicted octanol–water partition coefficient (Wildman–Crippen LogP) is 4.62. The van der Waals surface area contributed by atoms with Crippen LogP contribution in [0.1, 0.15) is 36.8 Å². The summed E-state index contributed by atoms with van der Waals surface area (Å²) in [7, 11) is 1.62. The van der Waals surface area contributed by atoms with Crippen LogP contribution in [0, 0.1) is 0 Å². The molecule has 3 aromatic carbocycles. The second-order valence-electron chi connectivity index (χ2n) is 10.8. The zero-order chi connectivity index (χ0) is 30.9. The maximum atomic E-state index is 15.9. The molecule has 3 heterocycles. The summed E-state index contributed by atoms with van der Waals surface area (Å²) in [6, 6.07) is 27.6. The van der Waals surface area contributed by atoms with Gasteiger partial charge in [0.25, 0.3) is 0 Å². The highest BCUT2D eigenvalue weighted by atomic mass is 19.1. The molecule has 0 saturated carbocycles. The van der Waals surface area contributed by atoms with E-state index in [0.717, 1.165) is 16.7 Å². The second-order valence-corrected chi connectivity index (χ2v) is 10.8. The van der Waals surface area contributed by atoms with E-state index in [1.165, 1.54) is 17.8 Å². The van der Waals surface area contributed by atoms with Gasteiger partial charge in [-0.05, 0) is 42.7 Å². The fourth-order valence-corrected chi connectivity index (χ4v) is 5.82. The molecule has 0 aliphatic carbocycles. The SMILES string of the molecule is CCOc1nc(NC(c2ccccc2)(c2ccccc2)c2ccc(OC)cc2)nc2c1ncn2[C@H]1O[C@H](CO)[C@@H](O)[C@@]1(C)F. The zero-order valence-corrected chi connectivity index (χ0v) is 24.6. The van der Waals surface area contributed by atoms with Crippen LogP contribution in [0.4, 0.5) is 10.3 Å². The molecule has 0 spiro atoms. The molecule has 2 aromatic heterocycles. The average Bonchev–Trinajstić information content (AvgIpc) is 3.58. The number of aliphatic hydroxyl groups is 2. The summed E-state index contributed by atoms with van der Waals surface area (Å²) in [5.41, 5.74) is 0.00492. The monoisotopic (exact) mass is 599 g/mol. The molecule has 3 N–H and O–H groups in total. The first-order valence-corrected chi connectivity index (χ1v) is 14.4. The van der Waals surface area contributed by atoms with Crippen LogP contribution in [0.3, 0.4) is 0 Å². The highest BCUT2D eigenvalue weighted by Gasteiger charge is 2.55. The number of fused-ring (bicyclic) bond motifs is 1. The van der Waals surface area contributed by atoms with E-state index in [1.807, 2.05) is 91.9 Å². The molecule has 0 bridgehead atoms. The number of nitrogens with zero attached hydrogens (tertiary/aromatic N) is 4. The van der Waals surface area contributed by atoms with Crippen LogP contribution in [0.25, 0.3) is 11.2 Å². The van der Waals surface area contributed by atoms with Crippen LogP contribution in [-0.4, -0.2) is 67.9 Å². The van der Waals surface area contributed by atoms with Crippen molar-refractivity contribution < 1.29 is 28.8 Å². The number of aliphatic hydroxyl groups excluding tert-OH is 2. The minimum Gasteiger partial charge on any atom is -0.497 e. The van der Waals surface area contributed by atoms with Crippen molar-refractivity contribution in [3.63, 3.8) is 0 Å². The molecular formula is C33H34FN5O5. The Morgan fingerprint density at radius 1 is 0.977 bits per heavy atom. The van der Waals surface area contributed by atoms with Crippen LogP contribution in [-0.2, 0) is 10.3 Å². The van der Waals surface area contributed by atoms with Crippen molar-refractivity contribution in [2.45, 2.75) is 43.5 Å². The zero-order valence-electron chi connectivity index (χ0n) is 24.6. The molecule has 228 valence electrons. The molecule has 5 aromatic rings. The summed E-state index contributed by atoms with van der Waals surface area (Å²) in [6.07, 6.45) is -2.60. The van der Waals surface area contributed by atoms with E-state index in [2.05, 4.69) is 10.3 Å². The molecule has 44 heavy (non-hydrogen) atoms. The van der Waals surface area contributed by atoms with Gasteiger partial charge in [-0.25, -0.2) is 9.37 Å². The Morgan fingerprint density at radius 2 is 1.59 bits per heavy atom. The molecule has 1 aliphatic heterocycles. The molecule has 0 radical (unpaired) electrons. The van der Waals surface area contributed by atoms with Gasteiger partial charge in [0.2, 0.25) is 11.8 Å². The van der Waals surface area contributed by atoms with Crippen molar-refractivity contribution in [3.05, 3.63) is 108 Å². The fourth-order valence-electron chi connectivity index (χ4n) is 5.82. The Hall–Kier alpha value is -4.58. The van der Waals surface area contributed by atoms with E-state index >= 15 is 4.39 Å². The third-order valence-electron chi connectivity index (χ3n) is 8.06. The molecule has 1 saturated heterocycles. The third-order valence-corrected chi connectivity index (χ3v) is 8.06. The molecule has 11 heteroatoms. The average molecular weight is 600 g/mol. The number of methoxy groups -OCH3 is 1. The largest absolute Gasteiger partial charge is 0.497 e. The summed E-state index contributed by atoms with van der Waals surface area (Å²) >= 11 is 0. The smallest absolute Gasteiger partial charge is 0.247 e. The highest BCUT2D eigenvalue weighted by molar-refractivity contribution is 5.78. The Kier molecular flexibility index (Phi) is 7.93. The lowest BCUT2D eigenvalue weighted by Gasteiger charge is -2.37. The molecule has 0 unspecified atom stereocenters. The molecule has 6 rings (SSSR count). The van der Waals surface area contributed by atoms with Crippen molar-refractivity contribution in [3.8, 4) is 11.6 Å². The van der Waals surface area contributed by atoms with Gasteiger partial charge < -0.3 is 29.7 Å². The van der Waals surface area contributed by atoms with Crippen LogP contribution < -0.4 is 14.8 Å². The Labute approximate surface area is 254 Å². The molecule has 1 aliphatic rings. The maximum Gasteiger partial charge on any atom is 0.247 e. The minimum absolute atomic E-state index is 0.184. The van der Waals surface area contributed by atoms with Crippen LogP contribution >= 0.6 is 0 Å². The number of benzene rings is 3.